The van der Waals surface area contributed by atoms with Crippen LogP contribution < -0.4 is 10.6 Å². The molecule has 2 aromatic carbocycles. The highest BCUT2D eigenvalue weighted by molar-refractivity contribution is 7.09. The van der Waals surface area contributed by atoms with Crippen molar-refractivity contribution in [3.05, 3.63) is 81.8 Å². The molecule has 0 saturated heterocycles. The number of anilines is 1. The minimum Gasteiger partial charge on any atom is -0.383 e. The van der Waals surface area contributed by atoms with E-state index in [-0.39, 0.29) is 18.0 Å². The van der Waals surface area contributed by atoms with Gasteiger partial charge in [0.1, 0.15) is 10.7 Å². The second-order valence-electron chi connectivity index (χ2n) is 8.38. The fraction of sp³-hybridized carbons (Fsp3) is 0.370. The van der Waals surface area contributed by atoms with Gasteiger partial charge in [-0.2, -0.15) is 0 Å². The monoisotopic (exact) mass is 494 g/mol. The van der Waals surface area contributed by atoms with Crippen molar-refractivity contribution < 1.29 is 14.3 Å². The van der Waals surface area contributed by atoms with Gasteiger partial charge in [0.2, 0.25) is 0 Å². The van der Waals surface area contributed by atoms with E-state index in [1.807, 2.05) is 49.4 Å². The van der Waals surface area contributed by atoms with Crippen LogP contribution in [0.15, 0.2) is 60.0 Å². The fourth-order valence-electron chi connectivity index (χ4n) is 3.65. The van der Waals surface area contributed by atoms with Gasteiger partial charge in [0.25, 0.3) is 5.91 Å². The lowest BCUT2D eigenvalue weighted by Crippen LogP contribution is -2.37. The summed E-state index contributed by atoms with van der Waals surface area (Å²) >= 11 is 1.37. The van der Waals surface area contributed by atoms with Crippen LogP contribution in [0.3, 0.4) is 0 Å². The Labute approximate surface area is 211 Å². The minimum absolute atomic E-state index is 0.0236. The number of nitrogens with zero attached hydrogens (tertiary/aromatic N) is 2. The van der Waals surface area contributed by atoms with Crippen LogP contribution in [-0.2, 0) is 24.1 Å². The summed E-state index contributed by atoms with van der Waals surface area (Å²) in [7, 11) is 1.60. The number of hydrogen-bond donors (Lipinski definition) is 2. The van der Waals surface area contributed by atoms with Gasteiger partial charge < -0.3 is 20.3 Å². The van der Waals surface area contributed by atoms with E-state index < -0.39 is 0 Å². The molecule has 3 amide bonds. The summed E-state index contributed by atoms with van der Waals surface area (Å²) in [6, 6.07) is 17.8. The van der Waals surface area contributed by atoms with Crippen LogP contribution in [0.5, 0.6) is 0 Å². The average Bonchev–Trinajstić information content (AvgIpc) is 3.35. The van der Waals surface area contributed by atoms with Crippen molar-refractivity contribution in [3.8, 4) is 0 Å². The zero-order valence-electron chi connectivity index (χ0n) is 20.6. The van der Waals surface area contributed by atoms with Crippen LogP contribution in [0, 0.1) is 0 Å². The van der Waals surface area contributed by atoms with Crippen molar-refractivity contribution >= 4 is 29.0 Å². The van der Waals surface area contributed by atoms with Gasteiger partial charge in [-0.1, -0.05) is 55.5 Å². The second-order valence-corrected chi connectivity index (χ2v) is 9.32. The molecule has 0 bridgehead atoms. The number of carbonyl (C=O) groups excluding carboxylic acids is 2. The Bertz CT molecular complexity index is 1090. The van der Waals surface area contributed by atoms with E-state index in [4.69, 9.17) is 4.74 Å². The number of benzene rings is 2. The van der Waals surface area contributed by atoms with Gasteiger partial charge >= 0.3 is 6.03 Å². The summed E-state index contributed by atoms with van der Waals surface area (Å²) in [5.41, 5.74) is 3.49. The van der Waals surface area contributed by atoms with Gasteiger partial charge in [-0.15, -0.1) is 11.3 Å². The van der Waals surface area contributed by atoms with Crippen LogP contribution in [0.2, 0.25) is 0 Å². The normalized spacial score (nSPS) is 11.6. The third-order valence-electron chi connectivity index (χ3n) is 5.69. The maximum Gasteiger partial charge on any atom is 0.322 e. The average molecular weight is 495 g/mol. The number of carbonyl (C=O) groups is 2. The Morgan fingerprint density at radius 1 is 1.11 bits per heavy atom. The topological polar surface area (TPSA) is 83.6 Å². The van der Waals surface area contributed by atoms with E-state index in [0.717, 1.165) is 30.5 Å². The van der Waals surface area contributed by atoms with Crippen molar-refractivity contribution in [2.24, 2.45) is 0 Å². The van der Waals surface area contributed by atoms with E-state index in [0.29, 0.717) is 30.4 Å². The number of amides is 3. The summed E-state index contributed by atoms with van der Waals surface area (Å²) < 4.78 is 5.19. The lowest BCUT2D eigenvalue weighted by molar-refractivity contribution is 0.0933. The fourth-order valence-corrected chi connectivity index (χ4v) is 4.44. The summed E-state index contributed by atoms with van der Waals surface area (Å²) in [6.45, 7) is 5.16. The molecule has 3 rings (SSSR count). The molecule has 1 aromatic heterocycles. The van der Waals surface area contributed by atoms with Gasteiger partial charge in [-0.05, 0) is 43.4 Å². The summed E-state index contributed by atoms with van der Waals surface area (Å²) in [5, 5.41) is 8.47. The van der Waals surface area contributed by atoms with Crippen molar-refractivity contribution in [2.75, 3.05) is 25.6 Å². The molecule has 3 aromatic rings. The molecule has 0 saturated carbocycles. The molecule has 1 heterocycles. The first-order chi connectivity index (χ1) is 17.0. The molecule has 1 atom stereocenters. The highest BCUT2D eigenvalue weighted by Crippen LogP contribution is 2.18. The predicted molar refractivity (Wildman–Crippen MR) is 141 cm³/mol. The minimum atomic E-state index is -0.223. The van der Waals surface area contributed by atoms with Crippen LogP contribution in [0.25, 0.3) is 0 Å². The Morgan fingerprint density at radius 3 is 2.60 bits per heavy atom. The molecule has 0 fully saturated rings. The molecule has 0 aliphatic rings. The number of aromatic nitrogens is 1. The molecule has 0 aliphatic heterocycles. The molecular formula is C27H34N4O3S. The number of hydrogen-bond acceptors (Lipinski definition) is 5. The van der Waals surface area contributed by atoms with Gasteiger partial charge in [0.05, 0.1) is 13.2 Å². The molecule has 186 valence electrons. The Morgan fingerprint density at radius 2 is 1.86 bits per heavy atom. The molecule has 8 heteroatoms. The highest BCUT2D eigenvalue weighted by atomic mass is 32.1. The van der Waals surface area contributed by atoms with Gasteiger partial charge in [-0.25, -0.2) is 9.78 Å². The third-order valence-corrected chi connectivity index (χ3v) is 6.52. The zero-order chi connectivity index (χ0) is 25.0. The Hall–Kier alpha value is -3.23. The highest BCUT2D eigenvalue weighted by Gasteiger charge is 2.19. The number of nitrogens with one attached hydrogen (secondary N) is 2. The third kappa shape index (κ3) is 8.19. The first-order valence-corrected chi connectivity index (χ1v) is 12.8. The van der Waals surface area contributed by atoms with Crippen LogP contribution in [0.4, 0.5) is 10.5 Å². The van der Waals surface area contributed by atoms with Crippen molar-refractivity contribution in [2.45, 2.75) is 45.7 Å². The molecule has 35 heavy (non-hydrogen) atoms. The first kappa shape index (κ1) is 26.4. The maximum atomic E-state index is 13.0. The number of methoxy groups -OCH3 is 1. The second kappa shape index (κ2) is 13.6. The molecule has 0 radical (unpaired) electrons. The van der Waals surface area contributed by atoms with Gasteiger partial charge in [0.15, 0.2) is 0 Å². The zero-order valence-corrected chi connectivity index (χ0v) is 21.4. The summed E-state index contributed by atoms with van der Waals surface area (Å²) in [6.07, 6.45) is 2.57. The van der Waals surface area contributed by atoms with Crippen LogP contribution >= 0.6 is 11.3 Å². The van der Waals surface area contributed by atoms with Crippen LogP contribution in [0.1, 0.15) is 46.9 Å². The molecule has 2 N–H and O–H groups in total. The lowest BCUT2D eigenvalue weighted by Gasteiger charge is -2.22. The maximum absolute atomic E-state index is 13.0. The van der Waals surface area contributed by atoms with E-state index in [2.05, 4.69) is 34.7 Å². The Kier molecular flexibility index (Phi) is 10.3. The van der Waals surface area contributed by atoms with Crippen molar-refractivity contribution in [1.29, 1.82) is 0 Å². The van der Waals surface area contributed by atoms with E-state index in [9.17, 15) is 9.59 Å². The van der Waals surface area contributed by atoms with Crippen LogP contribution in [-0.4, -0.2) is 48.1 Å². The number of urea groups is 1. The largest absolute Gasteiger partial charge is 0.383 e. The molecule has 0 spiro atoms. The lowest BCUT2D eigenvalue weighted by atomic mass is 10.1. The molecular weight excluding hydrogens is 460 g/mol. The summed E-state index contributed by atoms with van der Waals surface area (Å²) in [5.74, 6) is -0.196. The van der Waals surface area contributed by atoms with Crippen molar-refractivity contribution in [3.63, 3.8) is 0 Å². The Balaban J connectivity index is 1.58. The number of ether oxygens (including phenoxy) is 1. The number of rotatable bonds is 12. The molecule has 7 nitrogen and oxygen atoms in total. The standard InChI is InChI=1S/C27H34N4O3S/c1-4-22-12-8-9-13-23(22)30-27(33)31(16-17-34-3)18-25-29-24(19-35-25)26(32)28-20(2)14-15-21-10-6-5-7-11-21/h5-13,19-20H,4,14-18H2,1-3H3,(H,28,32)(H,30,33). The number of aryl methyl sites for hydroxylation is 2. The van der Waals surface area contributed by atoms with E-state index in [1.165, 1.54) is 16.9 Å². The molecule has 1 unspecified atom stereocenters. The smallest absolute Gasteiger partial charge is 0.322 e. The van der Waals surface area contributed by atoms with E-state index >= 15 is 0 Å². The quantitative estimate of drug-likeness (QED) is 0.365. The number of thiazole rings is 1. The van der Waals surface area contributed by atoms with E-state index in [1.54, 1.807) is 17.4 Å². The first-order valence-electron chi connectivity index (χ1n) is 11.9. The van der Waals surface area contributed by atoms with Gasteiger partial charge in [-0.3, -0.25) is 4.79 Å². The van der Waals surface area contributed by atoms with Crippen molar-refractivity contribution in [1.82, 2.24) is 15.2 Å². The van der Waals surface area contributed by atoms with Gasteiger partial charge in [0, 0.05) is 30.8 Å². The SMILES string of the molecule is CCc1ccccc1NC(=O)N(CCOC)Cc1nc(C(=O)NC(C)CCc2ccccc2)cs1. The predicted octanol–water partition coefficient (Wildman–Crippen LogP) is 5.14. The molecule has 0 aliphatic carbocycles. The number of para-hydroxylation sites is 1. The summed E-state index contributed by atoms with van der Waals surface area (Å²) in [4.78, 5) is 31.9.